The van der Waals surface area contributed by atoms with Crippen molar-refractivity contribution in [3.63, 3.8) is 0 Å². The van der Waals surface area contributed by atoms with E-state index in [0.29, 0.717) is 17.7 Å². The summed E-state index contributed by atoms with van der Waals surface area (Å²) in [7, 11) is -0.611. The Morgan fingerprint density at radius 1 is 0.853 bits per heavy atom. The van der Waals surface area contributed by atoms with Crippen molar-refractivity contribution >= 4 is 10.8 Å². The van der Waals surface area contributed by atoms with Gasteiger partial charge in [0, 0.05) is 29.9 Å². The van der Waals surface area contributed by atoms with E-state index in [9.17, 15) is 4.21 Å². The lowest BCUT2D eigenvalue weighted by Crippen LogP contribution is -2.35. The minimum atomic E-state index is -0.611. The molecule has 1 saturated heterocycles. The van der Waals surface area contributed by atoms with Crippen LogP contribution in [0.25, 0.3) is 0 Å². The fourth-order valence-electron chi connectivity index (χ4n) is 3.79. The first-order valence-corrected chi connectivity index (χ1v) is 13.7. The van der Waals surface area contributed by atoms with Crippen LogP contribution in [-0.2, 0) is 10.8 Å². The van der Waals surface area contributed by atoms with Crippen LogP contribution in [0.15, 0.2) is 48.5 Å². The van der Waals surface area contributed by atoms with Gasteiger partial charge in [-0.15, -0.1) is 0 Å². The van der Waals surface area contributed by atoms with Crippen LogP contribution >= 0.6 is 0 Å². The van der Waals surface area contributed by atoms with Crippen molar-refractivity contribution < 1.29 is 13.7 Å². The monoisotopic (exact) mass is 481 g/mol. The summed E-state index contributed by atoms with van der Waals surface area (Å²) in [6.07, 6.45) is 9.10. The molecule has 0 radical (unpaired) electrons. The Hall–Kier alpha value is -2.87. The lowest BCUT2D eigenvalue weighted by Gasteiger charge is -2.32. The third-order valence-corrected chi connectivity index (χ3v) is 5.59. The zero-order valence-electron chi connectivity index (χ0n) is 20.2. The van der Waals surface area contributed by atoms with Gasteiger partial charge in [-0.2, -0.15) is 10.5 Å². The molecule has 1 aliphatic heterocycles. The van der Waals surface area contributed by atoms with Crippen LogP contribution in [0.5, 0.6) is 11.5 Å². The third kappa shape index (κ3) is 11.3. The predicted octanol–water partition coefficient (Wildman–Crippen LogP) is 4.76. The Morgan fingerprint density at radius 3 is 1.74 bits per heavy atom. The summed E-state index contributed by atoms with van der Waals surface area (Å²) >= 11 is 0. The first kappa shape index (κ1) is 27.4. The van der Waals surface area contributed by atoms with E-state index in [1.807, 2.05) is 24.3 Å². The molecule has 6 nitrogen and oxygen atoms in total. The minimum Gasteiger partial charge on any atom is -0.494 e. The molecule has 3 rings (SSSR count). The van der Waals surface area contributed by atoms with E-state index in [-0.39, 0.29) is 0 Å². The normalized spacial score (nSPS) is 13.9. The second-order valence-electron chi connectivity index (χ2n) is 8.49. The van der Waals surface area contributed by atoms with Crippen molar-refractivity contribution in [2.75, 3.05) is 45.4 Å². The number of hydrogen-bond acceptors (Lipinski definition) is 6. The largest absolute Gasteiger partial charge is 0.494 e. The molecule has 182 valence electrons. The number of ether oxygens (including phenoxy) is 2. The SMILES string of the molecule is CS(C)=O.N#Cc1ccc(OCCCC2CCN(CCCOc3ccc(C#N)cc3)CC2)cc1. The molecule has 0 aliphatic carbocycles. The number of hydrogen-bond donors (Lipinski definition) is 0. The molecule has 1 fully saturated rings. The van der Waals surface area contributed by atoms with E-state index < -0.39 is 10.8 Å². The van der Waals surface area contributed by atoms with Crippen molar-refractivity contribution in [2.24, 2.45) is 5.92 Å². The number of nitriles is 2. The summed E-state index contributed by atoms with van der Waals surface area (Å²) in [5, 5.41) is 17.6. The second-order valence-corrected chi connectivity index (χ2v) is 9.97. The standard InChI is InChI=1S/C25H29N3O2.C2H6OS/c26-19-22-4-8-24(9-5-22)29-17-1-3-21-12-15-28(16-13-21)14-2-18-30-25-10-6-23(20-27)7-11-25;1-4(2)3/h4-11,21H,1-3,12-18H2;1-2H3. The highest BCUT2D eigenvalue weighted by atomic mass is 32.2. The van der Waals surface area contributed by atoms with Crippen LogP contribution in [0.1, 0.15) is 43.2 Å². The Kier molecular flexibility index (Phi) is 12.8. The molecule has 0 amide bonds. The van der Waals surface area contributed by atoms with Gasteiger partial charge in [0.1, 0.15) is 11.5 Å². The highest BCUT2D eigenvalue weighted by Crippen LogP contribution is 2.22. The molecule has 1 aliphatic rings. The van der Waals surface area contributed by atoms with Gasteiger partial charge in [-0.3, -0.25) is 4.21 Å². The Labute approximate surface area is 206 Å². The minimum absolute atomic E-state index is 0.611. The van der Waals surface area contributed by atoms with Crippen molar-refractivity contribution in [1.82, 2.24) is 4.90 Å². The summed E-state index contributed by atoms with van der Waals surface area (Å²) in [6, 6.07) is 18.8. The van der Waals surface area contributed by atoms with E-state index in [1.165, 1.54) is 19.3 Å². The van der Waals surface area contributed by atoms with E-state index in [0.717, 1.165) is 56.5 Å². The molecule has 7 heteroatoms. The number of piperidine rings is 1. The van der Waals surface area contributed by atoms with Crippen LogP contribution in [0, 0.1) is 28.6 Å². The van der Waals surface area contributed by atoms with Crippen LogP contribution in [0.4, 0.5) is 0 Å². The summed E-state index contributed by atoms with van der Waals surface area (Å²) in [5.74, 6) is 2.46. The highest BCUT2D eigenvalue weighted by Gasteiger charge is 2.18. The summed E-state index contributed by atoms with van der Waals surface area (Å²) in [5.41, 5.74) is 1.32. The molecule has 2 aromatic carbocycles. The van der Waals surface area contributed by atoms with E-state index in [1.54, 1.807) is 36.8 Å². The van der Waals surface area contributed by atoms with Gasteiger partial charge in [0.2, 0.25) is 0 Å². The average molecular weight is 482 g/mol. The molecule has 0 saturated carbocycles. The van der Waals surface area contributed by atoms with Crippen LogP contribution < -0.4 is 9.47 Å². The molecular formula is C27H35N3O3S. The predicted molar refractivity (Wildman–Crippen MR) is 136 cm³/mol. The fraction of sp³-hybridized carbons (Fsp3) is 0.481. The highest BCUT2D eigenvalue weighted by molar-refractivity contribution is 7.83. The van der Waals surface area contributed by atoms with Gasteiger partial charge in [0.25, 0.3) is 0 Å². The number of likely N-dealkylation sites (tertiary alicyclic amines) is 1. The third-order valence-electron chi connectivity index (χ3n) is 5.59. The quantitative estimate of drug-likeness (QED) is 0.455. The number of benzene rings is 2. The van der Waals surface area contributed by atoms with Crippen LogP contribution in [0.2, 0.25) is 0 Å². The summed E-state index contributed by atoms with van der Waals surface area (Å²) in [6.45, 7) is 4.85. The topological polar surface area (TPSA) is 86.3 Å². The molecule has 0 unspecified atom stereocenters. The lowest BCUT2D eigenvalue weighted by molar-refractivity contribution is 0.161. The maximum absolute atomic E-state index is 9.56. The molecule has 0 N–H and O–H groups in total. The van der Waals surface area contributed by atoms with Gasteiger partial charge in [-0.25, -0.2) is 0 Å². The van der Waals surface area contributed by atoms with Gasteiger partial charge in [-0.05, 0) is 99.6 Å². The molecule has 0 bridgehead atoms. The van der Waals surface area contributed by atoms with Gasteiger partial charge < -0.3 is 14.4 Å². The smallest absolute Gasteiger partial charge is 0.119 e. The van der Waals surface area contributed by atoms with Crippen molar-refractivity contribution in [3.05, 3.63) is 59.7 Å². The lowest BCUT2D eigenvalue weighted by atomic mass is 9.92. The molecule has 2 aromatic rings. The van der Waals surface area contributed by atoms with E-state index in [4.69, 9.17) is 20.0 Å². The summed E-state index contributed by atoms with van der Waals surface area (Å²) < 4.78 is 21.1. The van der Waals surface area contributed by atoms with E-state index >= 15 is 0 Å². The van der Waals surface area contributed by atoms with Gasteiger partial charge in [0.05, 0.1) is 36.5 Å². The van der Waals surface area contributed by atoms with Gasteiger partial charge in [0.15, 0.2) is 0 Å². The van der Waals surface area contributed by atoms with E-state index in [2.05, 4.69) is 17.0 Å². The Bertz CT molecular complexity index is 864. The van der Waals surface area contributed by atoms with Crippen molar-refractivity contribution in [2.45, 2.75) is 32.1 Å². The maximum atomic E-state index is 9.56. The molecule has 0 atom stereocenters. The zero-order valence-corrected chi connectivity index (χ0v) is 21.1. The number of nitrogens with zero attached hydrogens (tertiary/aromatic N) is 3. The van der Waals surface area contributed by atoms with Gasteiger partial charge >= 0.3 is 0 Å². The molecule has 1 heterocycles. The number of rotatable bonds is 10. The van der Waals surface area contributed by atoms with Crippen LogP contribution in [-0.4, -0.2) is 54.5 Å². The molecular weight excluding hydrogens is 446 g/mol. The first-order chi connectivity index (χ1) is 16.5. The Balaban J connectivity index is 0.000000945. The average Bonchev–Trinajstić information content (AvgIpc) is 2.86. The maximum Gasteiger partial charge on any atom is 0.119 e. The molecule has 0 aromatic heterocycles. The molecule has 0 spiro atoms. The van der Waals surface area contributed by atoms with Crippen LogP contribution in [0.3, 0.4) is 0 Å². The Morgan fingerprint density at radius 2 is 1.29 bits per heavy atom. The molecule has 34 heavy (non-hydrogen) atoms. The second kappa shape index (κ2) is 15.9. The van der Waals surface area contributed by atoms with Crippen molar-refractivity contribution in [3.8, 4) is 23.6 Å². The first-order valence-electron chi connectivity index (χ1n) is 11.7. The van der Waals surface area contributed by atoms with Gasteiger partial charge in [-0.1, -0.05) is 0 Å². The summed E-state index contributed by atoms with van der Waals surface area (Å²) in [4.78, 5) is 2.53. The fourth-order valence-corrected chi connectivity index (χ4v) is 3.79. The van der Waals surface area contributed by atoms with Crippen molar-refractivity contribution in [1.29, 1.82) is 10.5 Å². The zero-order chi connectivity index (χ0) is 24.6.